The molecule has 1 aromatic rings. The Labute approximate surface area is 138 Å². The van der Waals surface area contributed by atoms with Crippen molar-refractivity contribution in [3.8, 4) is 0 Å². The SMILES string of the molecule is O=C(c1cccc(Br)c1Cl)C1CCOC2(CCOCC2)C1. The summed E-state index contributed by atoms with van der Waals surface area (Å²) in [5.41, 5.74) is 0.440. The molecule has 0 aromatic heterocycles. The van der Waals surface area contributed by atoms with E-state index in [0.717, 1.165) is 43.4 Å². The van der Waals surface area contributed by atoms with Gasteiger partial charge in [0, 0.05) is 35.8 Å². The first-order valence-electron chi connectivity index (χ1n) is 7.31. The number of Topliss-reactive ketones (excluding diaryl/α,β-unsaturated/α-hetero) is 1. The number of rotatable bonds is 2. The molecular formula is C16H18BrClO3. The number of halogens is 2. The van der Waals surface area contributed by atoms with Crippen LogP contribution < -0.4 is 0 Å². The van der Waals surface area contributed by atoms with Crippen LogP contribution in [0.25, 0.3) is 0 Å². The third-order valence-electron chi connectivity index (χ3n) is 4.48. The maximum absolute atomic E-state index is 12.8. The van der Waals surface area contributed by atoms with Crippen LogP contribution in [-0.4, -0.2) is 31.2 Å². The Morgan fingerprint density at radius 1 is 1.29 bits per heavy atom. The van der Waals surface area contributed by atoms with E-state index in [1.807, 2.05) is 18.2 Å². The highest BCUT2D eigenvalue weighted by Gasteiger charge is 2.41. The van der Waals surface area contributed by atoms with Crippen LogP contribution >= 0.6 is 27.5 Å². The maximum Gasteiger partial charge on any atom is 0.167 e. The summed E-state index contributed by atoms with van der Waals surface area (Å²) in [7, 11) is 0. The molecule has 0 N–H and O–H groups in total. The molecule has 0 saturated carbocycles. The van der Waals surface area contributed by atoms with Crippen LogP contribution in [0.4, 0.5) is 0 Å². The molecule has 2 aliphatic heterocycles. The Balaban J connectivity index is 1.79. The molecule has 1 spiro atoms. The molecule has 0 amide bonds. The van der Waals surface area contributed by atoms with Gasteiger partial charge >= 0.3 is 0 Å². The molecule has 3 rings (SSSR count). The molecule has 1 aromatic carbocycles. The van der Waals surface area contributed by atoms with Crippen molar-refractivity contribution in [1.29, 1.82) is 0 Å². The Bertz CT molecular complexity index is 535. The van der Waals surface area contributed by atoms with Gasteiger partial charge in [0.2, 0.25) is 0 Å². The summed E-state index contributed by atoms with van der Waals surface area (Å²) in [6.45, 7) is 2.08. The van der Waals surface area contributed by atoms with Gasteiger partial charge in [-0.15, -0.1) is 0 Å². The van der Waals surface area contributed by atoms with E-state index in [4.69, 9.17) is 21.1 Å². The second-order valence-electron chi connectivity index (χ2n) is 5.80. The van der Waals surface area contributed by atoms with Gasteiger partial charge in [-0.2, -0.15) is 0 Å². The van der Waals surface area contributed by atoms with Crippen molar-refractivity contribution in [2.24, 2.45) is 5.92 Å². The average molecular weight is 374 g/mol. The quantitative estimate of drug-likeness (QED) is 0.727. The second kappa shape index (κ2) is 6.37. The molecule has 1 atom stereocenters. The first-order chi connectivity index (χ1) is 10.1. The molecule has 2 aliphatic rings. The van der Waals surface area contributed by atoms with Crippen molar-refractivity contribution in [1.82, 2.24) is 0 Å². The number of carbonyl (C=O) groups excluding carboxylic acids is 1. The summed E-state index contributed by atoms with van der Waals surface area (Å²) in [4.78, 5) is 12.8. The van der Waals surface area contributed by atoms with E-state index in [9.17, 15) is 4.79 Å². The molecule has 0 bridgehead atoms. The van der Waals surface area contributed by atoms with Crippen molar-refractivity contribution in [3.63, 3.8) is 0 Å². The smallest absolute Gasteiger partial charge is 0.167 e. The molecule has 2 fully saturated rings. The summed E-state index contributed by atoms with van der Waals surface area (Å²) in [5.74, 6) is 0.124. The van der Waals surface area contributed by atoms with Gasteiger partial charge in [-0.1, -0.05) is 17.7 Å². The van der Waals surface area contributed by atoms with Gasteiger partial charge in [-0.25, -0.2) is 0 Å². The summed E-state index contributed by atoms with van der Waals surface area (Å²) in [5, 5.41) is 0.509. The van der Waals surface area contributed by atoms with E-state index in [1.165, 1.54) is 0 Å². The van der Waals surface area contributed by atoms with Gasteiger partial charge in [0.05, 0.1) is 10.6 Å². The van der Waals surface area contributed by atoms with Gasteiger partial charge in [0.25, 0.3) is 0 Å². The van der Waals surface area contributed by atoms with Gasteiger partial charge in [-0.05, 0) is 53.7 Å². The summed E-state index contributed by atoms with van der Waals surface area (Å²) >= 11 is 9.65. The Hall–Kier alpha value is -0.420. The highest BCUT2D eigenvalue weighted by Crippen LogP contribution is 2.39. The minimum atomic E-state index is -0.171. The monoisotopic (exact) mass is 372 g/mol. The molecule has 2 saturated heterocycles. The molecular weight excluding hydrogens is 356 g/mol. The number of ketones is 1. The molecule has 5 heteroatoms. The zero-order valence-corrected chi connectivity index (χ0v) is 14.1. The third kappa shape index (κ3) is 3.19. The number of carbonyl (C=O) groups is 1. The van der Waals surface area contributed by atoms with Crippen molar-refractivity contribution in [2.75, 3.05) is 19.8 Å². The van der Waals surface area contributed by atoms with E-state index in [-0.39, 0.29) is 17.3 Å². The van der Waals surface area contributed by atoms with Crippen LogP contribution in [0.5, 0.6) is 0 Å². The molecule has 21 heavy (non-hydrogen) atoms. The fraction of sp³-hybridized carbons (Fsp3) is 0.562. The highest BCUT2D eigenvalue weighted by atomic mass is 79.9. The summed E-state index contributed by atoms with van der Waals surface area (Å²) in [6, 6.07) is 5.51. The van der Waals surface area contributed by atoms with Crippen molar-refractivity contribution in [2.45, 2.75) is 31.3 Å². The Morgan fingerprint density at radius 3 is 2.81 bits per heavy atom. The molecule has 1 unspecified atom stereocenters. The predicted molar refractivity (Wildman–Crippen MR) is 84.9 cm³/mol. The topological polar surface area (TPSA) is 35.5 Å². The van der Waals surface area contributed by atoms with Crippen LogP contribution in [0, 0.1) is 5.92 Å². The van der Waals surface area contributed by atoms with Crippen LogP contribution in [0.1, 0.15) is 36.0 Å². The van der Waals surface area contributed by atoms with E-state index in [2.05, 4.69) is 15.9 Å². The minimum absolute atomic E-state index is 0.0105. The van der Waals surface area contributed by atoms with Crippen LogP contribution in [0.15, 0.2) is 22.7 Å². The van der Waals surface area contributed by atoms with Crippen molar-refractivity contribution < 1.29 is 14.3 Å². The van der Waals surface area contributed by atoms with E-state index < -0.39 is 0 Å². The lowest BCUT2D eigenvalue weighted by atomic mass is 9.78. The van der Waals surface area contributed by atoms with E-state index in [1.54, 1.807) is 0 Å². The maximum atomic E-state index is 12.8. The predicted octanol–water partition coefficient (Wildman–Crippen LogP) is 4.26. The van der Waals surface area contributed by atoms with E-state index in [0.29, 0.717) is 17.2 Å². The minimum Gasteiger partial charge on any atom is -0.381 e. The molecule has 0 aliphatic carbocycles. The number of benzene rings is 1. The van der Waals surface area contributed by atoms with Gasteiger partial charge < -0.3 is 9.47 Å². The molecule has 114 valence electrons. The van der Waals surface area contributed by atoms with E-state index >= 15 is 0 Å². The lowest BCUT2D eigenvalue weighted by Gasteiger charge is -2.43. The number of hydrogen-bond donors (Lipinski definition) is 0. The largest absolute Gasteiger partial charge is 0.381 e. The zero-order chi connectivity index (χ0) is 14.9. The fourth-order valence-electron chi connectivity index (χ4n) is 3.26. The van der Waals surface area contributed by atoms with Gasteiger partial charge in [0.1, 0.15) is 0 Å². The average Bonchev–Trinajstić information content (AvgIpc) is 2.50. The van der Waals surface area contributed by atoms with Crippen molar-refractivity contribution >= 4 is 33.3 Å². The fourth-order valence-corrected chi connectivity index (χ4v) is 3.84. The van der Waals surface area contributed by atoms with Crippen molar-refractivity contribution in [3.05, 3.63) is 33.3 Å². The molecule has 2 heterocycles. The first-order valence-corrected chi connectivity index (χ1v) is 8.48. The Morgan fingerprint density at radius 2 is 2.05 bits per heavy atom. The normalized spacial score (nSPS) is 25.0. The first kappa shape index (κ1) is 15.5. The van der Waals surface area contributed by atoms with Crippen LogP contribution in [0.3, 0.4) is 0 Å². The van der Waals surface area contributed by atoms with Gasteiger partial charge in [0.15, 0.2) is 5.78 Å². The molecule has 0 radical (unpaired) electrons. The van der Waals surface area contributed by atoms with Gasteiger partial charge in [-0.3, -0.25) is 4.79 Å². The standard InChI is InChI=1S/C16H18BrClO3/c17-13-3-1-2-12(14(13)18)15(19)11-4-7-21-16(10-11)5-8-20-9-6-16/h1-3,11H,4-10H2. The number of ether oxygens (including phenoxy) is 2. The summed E-state index contributed by atoms with van der Waals surface area (Å²) in [6.07, 6.45) is 3.30. The third-order valence-corrected chi connectivity index (χ3v) is 5.78. The lowest BCUT2D eigenvalue weighted by Crippen LogP contribution is -2.45. The lowest BCUT2D eigenvalue weighted by molar-refractivity contribution is -0.142. The molecule has 3 nitrogen and oxygen atoms in total. The highest BCUT2D eigenvalue weighted by molar-refractivity contribution is 9.10. The Kier molecular flexibility index (Phi) is 4.69. The number of hydrogen-bond acceptors (Lipinski definition) is 3. The second-order valence-corrected chi connectivity index (χ2v) is 7.03. The van der Waals surface area contributed by atoms with Crippen LogP contribution in [-0.2, 0) is 9.47 Å². The summed E-state index contributed by atoms with van der Waals surface area (Å²) < 4.78 is 12.2. The van der Waals surface area contributed by atoms with Crippen LogP contribution in [0.2, 0.25) is 5.02 Å². The zero-order valence-electron chi connectivity index (χ0n) is 11.7.